The number of hydrogen-bond acceptors (Lipinski definition) is 2. The van der Waals surface area contributed by atoms with Crippen LogP contribution >= 0.6 is 11.6 Å². The van der Waals surface area contributed by atoms with E-state index in [1.54, 1.807) is 6.20 Å². The van der Waals surface area contributed by atoms with Gasteiger partial charge in [0.15, 0.2) is 5.75 Å². The molecule has 1 fully saturated rings. The van der Waals surface area contributed by atoms with Crippen LogP contribution in [0.15, 0.2) is 12.4 Å². The average Bonchev–Trinajstić information content (AvgIpc) is 2.66. The Kier molecular flexibility index (Phi) is 2.91. The molecule has 90 valence electrons. The average molecular weight is 243 g/mol. The van der Waals surface area contributed by atoms with Crippen LogP contribution in [0.25, 0.3) is 0 Å². The first-order valence-electron chi connectivity index (χ1n) is 5.76. The third kappa shape index (κ3) is 1.93. The highest BCUT2D eigenvalue weighted by Gasteiger charge is 2.49. The maximum Gasteiger partial charge on any atom is 0.157 e. The lowest BCUT2D eigenvalue weighted by Crippen LogP contribution is -2.53. The fraction of sp³-hybridized carbons (Fsp3) is 0.750. The normalized spacial score (nSPS) is 27.9. The summed E-state index contributed by atoms with van der Waals surface area (Å²) in [7, 11) is 0. The van der Waals surface area contributed by atoms with Gasteiger partial charge in [0, 0.05) is 23.3 Å². The molecule has 0 radical (unpaired) electrons. The minimum absolute atomic E-state index is 0.0570. The molecule has 1 heterocycles. The Balaban J connectivity index is 2.00. The van der Waals surface area contributed by atoms with Crippen molar-refractivity contribution in [1.82, 2.24) is 9.78 Å². The highest BCUT2D eigenvalue weighted by atomic mass is 35.5. The molecule has 3 nitrogen and oxygen atoms in total. The molecule has 0 saturated heterocycles. The third-order valence-electron chi connectivity index (χ3n) is 3.44. The molecule has 2 atom stereocenters. The van der Waals surface area contributed by atoms with Crippen LogP contribution in [0.5, 0.6) is 5.75 Å². The van der Waals surface area contributed by atoms with Gasteiger partial charge in [-0.1, -0.05) is 13.8 Å². The summed E-state index contributed by atoms with van der Waals surface area (Å²) in [6.07, 6.45) is 4.85. The van der Waals surface area contributed by atoms with Gasteiger partial charge in [-0.25, -0.2) is 0 Å². The quantitative estimate of drug-likeness (QED) is 0.761. The second kappa shape index (κ2) is 3.95. The second-order valence-electron chi connectivity index (χ2n) is 5.38. The summed E-state index contributed by atoms with van der Waals surface area (Å²) in [6, 6.07) is 0.368. The second-order valence-corrected chi connectivity index (χ2v) is 5.91. The van der Waals surface area contributed by atoms with Crippen molar-refractivity contribution in [2.45, 2.75) is 51.6 Å². The van der Waals surface area contributed by atoms with Crippen molar-refractivity contribution in [2.24, 2.45) is 5.41 Å². The number of ether oxygens (including phenoxy) is 1. The molecule has 0 aliphatic heterocycles. The van der Waals surface area contributed by atoms with Crippen LogP contribution in [0.2, 0.25) is 0 Å². The van der Waals surface area contributed by atoms with Gasteiger partial charge in [-0.3, -0.25) is 4.68 Å². The minimum atomic E-state index is 0.0570. The van der Waals surface area contributed by atoms with Crippen LogP contribution in [0.1, 0.15) is 40.2 Å². The van der Waals surface area contributed by atoms with Crippen molar-refractivity contribution in [3.8, 4) is 5.75 Å². The monoisotopic (exact) mass is 242 g/mol. The Morgan fingerprint density at radius 3 is 2.69 bits per heavy atom. The van der Waals surface area contributed by atoms with Crippen LogP contribution in [0.4, 0.5) is 0 Å². The van der Waals surface area contributed by atoms with E-state index < -0.39 is 0 Å². The molecule has 0 amide bonds. The van der Waals surface area contributed by atoms with Crippen molar-refractivity contribution < 1.29 is 4.74 Å². The highest BCUT2D eigenvalue weighted by Crippen LogP contribution is 2.46. The van der Waals surface area contributed by atoms with E-state index in [-0.39, 0.29) is 16.9 Å². The number of rotatable bonds is 3. The van der Waals surface area contributed by atoms with Crippen LogP contribution in [-0.2, 0) is 0 Å². The van der Waals surface area contributed by atoms with E-state index >= 15 is 0 Å². The predicted octanol–water partition coefficient (Wildman–Crippen LogP) is 3.25. The Labute approximate surface area is 102 Å². The summed E-state index contributed by atoms with van der Waals surface area (Å²) in [4.78, 5) is 0. The van der Waals surface area contributed by atoms with Gasteiger partial charge < -0.3 is 4.74 Å². The molecule has 0 bridgehead atoms. The van der Waals surface area contributed by atoms with E-state index in [1.165, 1.54) is 0 Å². The molecular weight excluding hydrogens is 224 g/mol. The minimum Gasteiger partial charge on any atom is -0.486 e. The van der Waals surface area contributed by atoms with Crippen LogP contribution < -0.4 is 4.74 Å². The number of aromatic nitrogens is 2. The fourth-order valence-corrected chi connectivity index (χ4v) is 2.17. The molecule has 1 aliphatic rings. The van der Waals surface area contributed by atoms with Crippen molar-refractivity contribution in [1.29, 1.82) is 0 Å². The maximum atomic E-state index is 6.16. The molecule has 1 aliphatic carbocycles. The van der Waals surface area contributed by atoms with E-state index in [1.807, 2.05) is 10.9 Å². The van der Waals surface area contributed by atoms with Crippen LogP contribution in [-0.4, -0.2) is 21.3 Å². The summed E-state index contributed by atoms with van der Waals surface area (Å²) in [5.74, 6) is 0.843. The van der Waals surface area contributed by atoms with Gasteiger partial charge >= 0.3 is 0 Å². The first-order chi connectivity index (χ1) is 7.41. The number of halogens is 1. The predicted molar refractivity (Wildman–Crippen MR) is 65.1 cm³/mol. The summed E-state index contributed by atoms with van der Waals surface area (Å²) in [5.41, 5.74) is 0.0570. The lowest BCUT2D eigenvalue weighted by atomic mass is 9.68. The van der Waals surface area contributed by atoms with Gasteiger partial charge in [-0.05, 0) is 13.8 Å². The summed E-state index contributed by atoms with van der Waals surface area (Å²) >= 11 is 6.16. The molecule has 1 aromatic rings. The number of nitrogens with zero attached hydrogens (tertiary/aromatic N) is 2. The van der Waals surface area contributed by atoms with Crippen molar-refractivity contribution in [2.75, 3.05) is 0 Å². The van der Waals surface area contributed by atoms with Crippen molar-refractivity contribution in [3.63, 3.8) is 0 Å². The zero-order valence-electron chi connectivity index (χ0n) is 10.3. The molecule has 1 saturated carbocycles. The smallest absolute Gasteiger partial charge is 0.157 e. The SMILES string of the molecule is CC(C)n1cc(OC2CC(Cl)C2(C)C)cn1. The molecule has 16 heavy (non-hydrogen) atoms. The standard InChI is InChI=1S/C12H19ClN2O/c1-8(2)15-7-9(6-14-15)16-11-5-10(13)12(11,3)4/h6-8,10-11H,5H2,1-4H3. The largest absolute Gasteiger partial charge is 0.486 e. The lowest BCUT2D eigenvalue weighted by Gasteiger charge is -2.48. The molecule has 0 aromatic carbocycles. The number of alkyl halides is 1. The molecule has 0 N–H and O–H groups in total. The van der Waals surface area contributed by atoms with Gasteiger partial charge in [0.1, 0.15) is 6.10 Å². The Morgan fingerprint density at radius 2 is 2.25 bits per heavy atom. The third-order valence-corrected chi connectivity index (χ3v) is 4.18. The van der Waals surface area contributed by atoms with E-state index in [4.69, 9.17) is 16.3 Å². The van der Waals surface area contributed by atoms with Gasteiger partial charge in [0.25, 0.3) is 0 Å². The van der Waals surface area contributed by atoms with E-state index in [0.717, 1.165) is 12.2 Å². The van der Waals surface area contributed by atoms with E-state index in [0.29, 0.717) is 6.04 Å². The Hall–Kier alpha value is -0.700. The van der Waals surface area contributed by atoms with E-state index in [2.05, 4.69) is 32.8 Å². The highest BCUT2D eigenvalue weighted by molar-refractivity contribution is 6.21. The van der Waals surface area contributed by atoms with Gasteiger partial charge in [-0.2, -0.15) is 5.10 Å². The maximum absolute atomic E-state index is 6.16. The summed E-state index contributed by atoms with van der Waals surface area (Å²) in [5, 5.41) is 4.47. The van der Waals surface area contributed by atoms with Gasteiger partial charge in [0.2, 0.25) is 0 Å². The van der Waals surface area contributed by atoms with Gasteiger partial charge in [-0.15, -0.1) is 11.6 Å². The molecule has 0 spiro atoms. The molecule has 2 rings (SSSR count). The number of hydrogen-bond donors (Lipinski definition) is 0. The fourth-order valence-electron chi connectivity index (χ4n) is 1.86. The van der Waals surface area contributed by atoms with E-state index in [9.17, 15) is 0 Å². The topological polar surface area (TPSA) is 27.1 Å². The summed E-state index contributed by atoms with van der Waals surface area (Å²) in [6.45, 7) is 8.48. The first-order valence-corrected chi connectivity index (χ1v) is 6.19. The molecular formula is C12H19ClN2O. The Bertz CT molecular complexity index is 373. The first kappa shape index (κ1) is 11.8. The van der Waals surface area contributed by atoms with Crippen molar-refractivity contribution >= 4 is 11.6 Å². The lowest BCUT2D eigenvalue weighted by molar-refractivity contribution is -0.0131. The molecule has 4 heteroatoms. The van der Waals surface area contributed by atoms with Gasteiger partial charge in [0.05, 0.1) is 12.4 Å². The zero-order chi connectivity index (χ0) is 11.9. The molecule has 2 unspecified atom stereocenters. The molecule has 1 aromatic heterocycles. The summed E-state index contributed by atoms with van der Waals surface area (Å²) < 4.78 is 7.80. The van der Waals surface area contributed by atoms with Crippen molar-refractivity contribution in [3.05, 3.63) is 12.4 Å². The van der Waals surface area contributed by atoms with Crippen LogP contribution in [0.3, 0.4) is 0 Å². The zero-order valence-corrected chi connectivity index (χ0v) is 11.0. The Morgan fingerprint density at radius 1 is 1.56 bits per heavy atom. The van der Waals surface area contributed by atoms with Crippen LogP contribution in [0, 0.1) is 5.41 Å².